The summed E-state index contributed by atoms with van der Waals surface area (Å²) in [6.45, 7) is 8.46. The van der Waals surface area contributed by atoms with Crippen molar-refractivity contribution >= 4 is 6.09 Å². The highest BCUT2D eigenvalue weighted by Crippen LogP contribution is 2.18. The summed E-state index contributed by atoms with van der Waals surface area (Å²) < 4.78 is 10.8. The molecule has 0 aromatic rings. The Morgan fingerprint density at radius 3 is 2.71 bits per heavy atom. The molecule has 4 heteroatoms. The number of morpholine rings is 1. The van der Waals surface area contributed by atoms with E-state index in [1.54, 1.807) is 4.90 Å². The second-order valence-electron chi connectivity index (χ2n) is 5.18. The highest BCUT2D eigenvalue weighted by atomic mass is 16.6. The van der Waals surface area contributed by atoms with Gasteiger partial charge in [0.15, 0.2) is 0 Å². The molecule has 96 valence electrons. The molecule has 0 aromatic heterocycles. The van der Waals surface area contributed by atoms with Crippen LogP contribution in [0, 0.1) is 12.3 Å². The lowest BCUT2D eigenvalue weighted by molar-refractivity contribution is -0.0519. The zero-order valence-corrected chi connectivity index (χ0v) is 11.0. The third kappa shape index (κ3) is 3.94. The molecule has 0 N–H and O–H groups in total. The molecule has 1 aliphatic rings. The zero-order valence-electron chi connectivity index (χ0n) is 11.0. The van der Waals surface area contributed by atoms with Gasteiger partial charge in [0.05, 0.1) is 19.2 Å². The number of hydrogen-bond donors (Lipinski definition) is 0. The van der Waals surface area contributed by atoms with E-state index in [1.165, 1.54) is 0 Å². The van der Waals surface area contributed by atoms with Gasteiger partial charge in [-0.1, -0.05) is 12.8 Å². The van der Waals surface area contributed by atoms with E-state index in [2.05, 4.69) is 5.92 Å². The van der Waals surface area contributed by atoms with Gasteiger partial charge in [-0.3, -0.25) is 4.90 Å². The Labute approximate surface area is 103 Å². The SMILES string of the molecule is C#C[C@@H]1CN(C(=O)OC(C)(C)C)[C@H](CC)CO1. The van der Waals surface area contributed by atoms with Crippen LogP contribution in [0.1, 0.15) is 34.1 Å². The number of carbonyl (C=O) groups is 1. The predicted octanol–water partition coefficient (Wildman–Crippen LogP) is 2.03. The van der Waals surface area contributed by atoms with Crippen molar-refractivity contribution in [1.29, 1.82) is 0 Å². The summed E-state index contributed by atoms with van der Waals surface area (Å²) in [5.74, 6) is 2.52. The van der Waals surface area contributed by atoms with Crippen LogP contribution in [0.4, 0.5) is 4.79 Å². The van der Waals surface area contributed by atoms with Gasteiger partial charge in [-0.2, -0.15) is 0 Å². The Hall–Kier alpha value is -1.21. The van der Waals surface area contributed by atoms with Crippen molar-refractivity contribution in [3.63, 3.8) is 0 Å². The fourth-order valence-electron chi connectivity index (χ4n) is 1.68. The van der Waals surface area contributed by atoms with Crippen molar-refractivity contribution < 1.29 is 14.3 Å². The lowest BCUT2D eigenvalue weighted by Crippen LogP contribution is -2.53. The van der Waals surface area contributed by atoms with Gasteiger partial charge in [0, 0.05) is 0 Å². The van der Waals surface area contributed by atoms with E-state index >= 15 is 0 Å². The quantitative estimate of drug-likeness (QED) is 0.657. The lowest BCUT2D eigenvalue weighted by Gasteiger charge is -2.38. The number of rotatable bonds is 1. The molecule has 1 aliphatic heterocycles. The first-order valence-electron chi connectivity index (χ1n) is 5.94. The van der Waals surface area contributed by atoms with E-state index < -0.39 is 5.60 Å². The summed E-state index contributed by atoms with van der Waals surface area (Å²) in [5, 5.41) is 0. The summed E-state index contributed by atoms with van der Waals surface area (Å²) in [4.78, 5) is 13.7. The number of hydrogen-bond acceptors (Lipinski definition) is 3. The molecule has 2 atom stereocenters. The molecule has 0 unspecified atom stereocenters. The van der Waals surface area contributed by atoms with Crippen molar-refractivity contribution in [2.75, 3.05) is 13.2 Å². The van der Waals surface area contributed by atoms with Gasteiger partial charge in [-0.15, -0.1) is 6.42 Å². The second-order valence-corrected chi connectivity index (χ2v) is 5.18. The Morgan fingerprint density at radius 2 is 2.24 bits per heavy atom. The molecule has 0 radical (unpaired) electrons. The minimum atomic E-state index is -0.487. The monoisotopic (exact) mass is 239 g/mol. The predicted molar refractivity (Wildman–Crippen MR) is 65.6 cm³/mol. The van der Waals surface area contributed by atoms with E-state index in [-0.39, 0.29) is 18.2 Å². The fraction of sp³-hybridized carbons (Fsp3) is 0.769. The third-order valence-corrected chi connectivity index (χ3v) is 2.58. The molecule has 1 rings (SSSR count). The molecule has 1 heterocycles. The average Bonchev–Trinajstić information content (AvgIpc) is 2.25. The third-order valence-electron chi connectivity index (χ3n) is 2.58. The number of ether oxygens (including phenoxy) is 2. The van der Waals surface area contributed by atoms with Crippen LogP contribution in [0.5, 0.6) is 0 Å². The number of nitrogens with zero attached hydrogens (tertiary/aromatic N) is 1. The van der Waals surface area contributed by atoms with Gasteiger partial charge < -0.3 is 9.47 Å². The molecule has 0 spiro atoms. The van der Waals surface area contributed by atoms with Gasteiger partial charge in [0.25, 0.3) is 0 Å². The first-order chi connectivity index (χ1) is 7.87. The van der Waals surface area contributed by atoms with Crippen molar-refractivity contribution in [3.8, 4) is 12.3 Å². The summed E-state index contributed by atoms with van der Waals surface area (Å²) in [6.07, 6.45) is 5.52. The maximum atomic E-state index is 12.0. The second kappa shape index (κ2) is 5.42. The first-order valence-corrected chi connectivity index (χ1v) is 5.94. The van der Waals surface area contributed by atoms with Crippen LogP contribution in [0.3, 0.4) is 0 Å². The Bertz CT molecular complexity index is 314. The van der Waals surface area contributed by atoms with Gasteiger partial charge in [0.2, 0.25) is 0 Å². The van der Waals surface area contributed by atoms with Crippen molar-refractivity contribution in [1.82, 2.24) is 4.90 Å². The van der Waals surface area contributed by atoms with E-state index in [1.807, 2.05) is 27.7 Å². The summed E-state index contributed by atoms with van der Waals surface area (Å²) in [5.41, 5.74) is -0.487. The normalized spacial score (nSPS) is 25.2. The number of amides is 1. The van der Waals surface area contributed by atoms with Crippen LogP contribution in [0.25, 0.3) is 0 Å². The highest BCUT2D eigenvalue weighted by Gasteiger charge is 2.33. The molecule has 4 nitrogen and oxygen atoms in total. The van der Waals surface area contributed by atoms with Gasteiger partial charge in [-0.25, -0.2) is 4.79 Å². The molecule has 0 bridgehead atoms. The van der Waals surface area contributed by atoms with Crippen LogP contribution >= 0.6 is 0 Å². The minimum absolute atomic E-state index is 0.0504. The summed E-state index contributed by atoms with van der Waals surface area (Å²) in [7, 11) is 0. The lowest BCUT2D eigenvalue weighted by atomic mass is 10.1. The van der Waals surface area contributed by atoms with Crippen LogP contribution in [-0.2, 0) is 9.47 Å². The molecule has 17 heavy (non-hydrogen) atoms. The minimum Gasteiger partial charge on any atom is -0.444 e. The van der Waals surface area contributed by atoms with Crippen molar-refractivity contribution in [3.05, 3.63) is 0 Å². The van der Waals surface area contributed by atoms with E-state index in [0.29, 0.717) is 13.2 Å². The van der Waals surface area contributed by atoms with Crippen LogP contribution in [0.2, 0.25) is 0 Å². The Balaban J connectivity index is 2.70. The van der Waals surface area contributed by atoms with Crippen molar-refractivity contribution in [2.24, 2.45) is 0 Å². The maximum Gasteiger partial charge on any atom is 0.410 e. The van der Waals surface area contributed by atoms with E-state index in [4.69, 9.17) is 15.9 Å². The number of carbonyl (C=O) groups excluding carboxylic acids is 1. The molecule has 1 fully saturated rings. The molecule has 0 aliphatic carbocycles. The topological polar surface area (TPSA) is 38.8 Å². The van der Waals surface area contributed by atoms with Crippen molar-refractivity contribution in [2.45, 2.75) is 51.9 Å². The summed E-state index contributed by atoms with van der Waals surface area (Å²) >= 11 is 0. The van der Waals surface area contributed by atoms with Gasteiger partial charge >= 0.3 is 6.09 Å². The molecule has 0 aromatic carbocycles. The van der Waals surface area contributed by atoms with Gasteiger partial charge in [0.1, 0.15) is 11.7 Å². The summed E-state index contributed by atoms with van der Waals surface area (Å²) in [6, 6.07) is 0.0504. The maximum absolute atomic E-state index is 12.0. The van der Waals surface area contributed by atoms with E-state index in [0.717, 1.165) is 6.42 Å². The molecule has 0 saturated carbocycles. The Morgan fingerprint density at radius 1 is 1.59 bits per heavy atom. The average molecular weight is 239 g/mol. The van der Waals surface area contributed by atoms with E-state index in [9.17, 15) is 4.79 Å². The van der Waals surface area contributed by atoms with Gasteiger partial charge in [-0.05, 0) is 27.2 Å². The fourth-order valence-corrected chi connectivity index (χ4v) is 1.68. The first kappa shape index (κ1) is 13.9. The smallest absolute Gasteiger partial charge is 0.410 e. The standard InChI is InChI=1S/C13H21NO3/c1-6-10-9-16-11(7-2)8-14(10)12(15)17-13(3,4)5/h2,10-11H,6,8-9H2,1,3-5H3/t10-,11-/m1/s1. The highest BCUT2D eigenvalue weighted by molar-refractivity contribution is 5.68. The van der Waals surface area contributed by atoms with Crippen LogP contribution in [-0.4, -0.2) is 41.9 Å². The zero-order chi connectivity index (χ0) is 13.1. The largest absolute Gasteiger partial charge is 0.444 e. The number of terminal acetylenes is 1. The molecule has 1 saturated heterocycles. The Kier molecular flexibility index (Phi) is 4.41. The molecular formula is C13H21NO3. The molecular weight excluding hydrogens is 218 g/mol. The van der Waals surface area contributed by atoms with Crippen LogP contribution < -0.4 is 0 Å². The molecule has 1 amide bonds. The van der Waals surface area contributed by atoms with Crippen LogP contribution in [0.15, 0.2) is 0 Å².